The second-order valence-corrected chi connectivity index (χ2v) is 5.00. The Balaban J connectivity index is 2.51. The third-order valence-electron chi connectivity index (χ3n) is 3.06. The van der Waals surface area contributed by atoms with Crippen LogP contribution in [-0.4, -0.2) is 20.8 Å². The monoisotopic (exact) mass is 339 g/mol. The van der Waals surface area contributed by atoms with Crippen molar-refractivity contribution < 1.29 is 13.9 Å². The summed E-state index contributed by atoms with van der Waals surface area (Å²) in [6.45, 7) is 2.87. The summed E-state index contributed by atoms with van der Waals surface area (Å²) in [5, 5.41) is 3.41. The number of hydrogen-bond donors (Lipinski definition) is 1. The van der Waals surface area contributed by atoms with Gasteiger partial charge in [0, 0.05) is 5.56 Å². The number of benzene rings is 1. The smallest absolute Gasteiger partial charge is 0.142 e. The lowest BCUT2D eigenvalue weighted by Crippen LogP contribution is -2.22. The van der Waals surface area contributed by atoms with Crippen LogP contribution in [0.1, 0.15) is 24.3 Å². The van der Waals surface area contributed by atoms with Gasteiger partial charge in [-0.2, -0.15) is 0 Å². The van der Waals surface area contributed by atoms with Gasteiger partial charge in [0.1, 0.15) is 21.7 Å². The quantitative estimate of drug-likeness (QED) is 0.870. The Morgan fingerprint density at radius 1 is 1.25 bits per heavy atom. The average Bonchev–Trinajstić information content (AvgIpc) is 2.98. The number of ether oxygens (including phenoxy) is 2. The minimum atomic E-state index is -0.0628. The van der Waals surface area contributed by atoms with Crippen molar-refractivity contribution in [2.45, 2.75) is 13.0 Å². The highest BCUT2D eigenvalue weighted by molar-refractivity contribution is 9.10. The van der Waals surface area contributed by atoms with E-state index in [0.717, 1.165) is 33.8 Å². The van der Waals surface area contributed by atoms with Crippen molar-refractivity contribution in [1.82, 2.24) is 5.32 Å². The largest absolute Gasteiger partial charge is 0.495 e. The molecule has 4 nitrogen and oxygen atoms in total. The van der Waals surface area contributed by atoms with Crippen LogP contribution in [-0.2, 0) is 0 Å². The molecule has 0 amide bonds. The fourth-order valence-corrected chi connectivity index (χ4v) is 2.85. The summed E-state index contributed by atoms with van der Waals surface area (Å²) in [5.74, 6) is 2.33. The maximum Gasteiger partial charge on any atom is 0.142 e. The normalized spacial score (nSPS) is 12.2. The highest BCUT2D eigenvalue weighted by atomic mass is 79.9. The van der Waals surface area contributed by atoms with Gasteiger partial charge in [0.15, 0.2) is 0 Å². The predicted molar refractivity (Wildman–Crippen MR) is 81.5 cm³/mol. The zero-order valence-corrected chi connectivity index (χ0v) is 13.4. The van der Waals surface area contributed by atoms with Gasteiger partial charge in [-0.05, 0) is 46.7 Å². The molecule has 0 bridgehead atoms. The molecule has 1 aromatic carbocycles. The van der Waals surface area contributed by atoms with Crippen molar-refractivity contribution in [3.8, 4) is 11.5 Å². The van der Waals surface area contributed by atoms with Gasteiger partial charge >= 0.3 is 0 Å². The van der Waals surface area contributed by atoms with E-state index in [1.165, 1.54) is 0 Å². The number of nitrogens with one attached hydrogen (secondary N) is 1. The molecule has 0 saturated heterocycles. The fraction of sp³-hybridized carbons (Fsp3) is 0.333. The summed E-state index contributed by atoms with van der Waals surface area (Å²) in [7, 11) is 3.28. The van der Waals surface area contributed by atoms with Gasteiger partial charge in [0.05, 0.1) is 26.5 Å². The number of methoxy groups -OCH3 is 2. The molecule has 1 atom stereocenters. The second-order valence-electron chi connectivity index (χ2n) is 4.21. The molecule has 20 heavy (non-hydrogen) atoms. The second kappa shape index (κ2) is 6.81. The lowest BCUT2D eigenvalue weighted by molar-refractivity contribution is 0.377. The molecule has 0 fully saturated rings. The molecule has 0 radical (unpaired) electrons. The van der Waals surface area contributed by atoms with Crippen LogP contribution in [0, 0.1) is 0 Å². The summed E-state index contributed by atoms with van der Waals surface area (Å²) in [4.78, 5) is 0. The number of halogens is 1. The lowest BCUT2D eigenvalue weighted by atomic mass is 10.0. The molecule has 1 unspecified atom stereocenters. The molecule has 1 heterocycles. The molecule has 0 saturated carbocycles. The van der Waals surface area contributed by atoms with E-state index in [2.05, 4.69) is 28.2 Å². The Morgan fingerprint density at radius 2 is 2.05 bits per heavy atom. The molecule has 1 N–H and O–H groups in total. The molecule has 1 aromatic heterocycles. The maximum atomic E-state index is 5.54. The van der Waals surface area contributed by atoms with Gasteiger partial charge in [-0.15, -0.1) is 0 Å². The molecule has 0 aliphatic heterocycles. The van der Waals surface area contributed by atoms with E-state index in [9.17, 15) is 0 Å². The molecule has 108 valence electrons. The SMILES string of the molecule is CCNC(c1ccco1)c1ccc(OC)c(Br)c1OC. The minimum Gasteiger partial charge on any atom is -0.495 e. The summed E-state index contributed by atoms with van der Waals surface area (Å²) in [6.07, 6.45) is 1.67. The zero-order valence-electron chi connectivity index (χ0n) is 11.8. The van der Waals surface area contributed by atoms with Crippen molar-refractivity contribution in [2.75, 3.05) is 20.8 Å². The first-order valence-corrected chi connectivity index (χ1v) is 7.19. The zero-order chi connectivity index (χ0) is 14.5. The van der Waals surface area contributed by atoms with Crippen LogP contribution in [0.25, 0.3) is 0 Å². The summed E-state index contributed by atoms with van der Waals surface area (Å²) in [6, 6.07) is 7.66. The first-order chi connectivity index (χ1) is 9.72. The van der Waals surface area contributed by atoms with Crippen LogP contribution in [0.15, 0.2) is 39.4 Å². The Bertz CT molecular complexity index is 554. The van der Waals surface area contributed by atoms with Gasteiger partial charge in [0.2, 0.25) is 0 Å². The molecule has 0 spiro atoms. The van der Waals surface area contributed by atoms with Crippen molar-refractivity contribution in [2.24, 2.45) is 0 Å². The first-order valence-electron chi connectivity index (χ1n) is 6.40. The maximum absolute atomic E-state index is 5.54. The lowest BCUT2D eigenvalue weighted by Gasteiger charge is -2.20. The van der Waals surface area contributed by atoms with Crippen LogP contribution in [0.5, 0.6) is 11.5 Å². The highest BCUT2D eigenvalue weighted by Gasteiger charge is 2.23. The average molecular weight is 340 g/mol. The standard InChI is InChI=1S/C15H18BrNO3/c1-4-17-14(12-6-5-9-20-12)10-7-8-11(18-2)13(16)15(10)19-3/h5-9,14,17H,4H2,1-3H3. The van der Waals surface area contributed by atoms with E-state index in [4.69, 9.17) is 13.9 Å². The predicted octanol–water partition coefficient (Wildman–Crippen LogP) is 3.76. The van der Waals surface area contributed by atoms with Gasteiger partial charge in [0.25, 0.3) is 0 Å². The summed E-state index contributed by atoms with van der Waals surface area (Å²) < 4.78 is 17.2. The Morgan fingerprint density at radius 3 is 2.60 bits per heavy atom. The van der Waals surface area contributed by atoms with E-state index in [1.54, 1.807) is 20.5 Å². The number of rotatable bonds is 6. The van der Waals surface area contributed by atoms with Crippen LogP contribution < -0.4 is 14.8 Å². The van der Waals surface area contributed by atoms with E-state index < -0.39 is 0 Å². The topological polar surface area (TPSA) is 43.6 Å². The van der Waals surface area contributed by atoms with Gasteiger partial charge in [-0.3, -0.25) is 0 Å². The molecular weight excluding hydrogens is 322 g/mol. The third-order valence-corrected chi connectivity index (χ3v) is 3.81. The molecule has 2 rings (SSSR count). The number of hydrogen-bond acceptors (Lipinski definition) is 4. The van der Waals surface area contributed by atoms with Gasteiger partial charge in [-0.1, -0.05) is 6.92 Å². The van der Waals surface area contributed by atoms with Crippen LogP contribution in [0.4, 0.5) is 0 Å². The van der Waals surface area contributed by atoms with E-state index >= 15 is 0 Å². The van der Waals surface area contributed by atoms with E-state index in [-0.39, 0.29) is 6.04 Å². The van der Waals surface area contributed by atoms with Gasteiger partial charge in [-0.25, -0.2) is 0 Å². The van der Waals surface area contributed by atoms with E-state index in [1.807, 2.05) is 24.3 Å². The van der Waals surface area contributed by atoms with E-state index in [0.29, 0.717) is 0 Å². The Hall–Kier alpha value is -1.46. The molecule has 0 aliphatic carbocycles. The first kappa shape index (κ1) is 14.9. The highest BCUT2D eigenvalue weighted by Crippen LogP contribution is 2.41. The third kappa shape index (κ3) is 2.83. The van der Waals surface area contributed by atoms with Gasteiger partial charge < -0.3 is 19.2 Å². The molecular formula is C15H18BrNO3. The van der Waals surface area contributed by atoms with Crippen LogP contribution >= 0.6 is 15.9 Å². The van der Waals surface area contributed by atoms with Crippen molar-refractivity contribution in [3.05, 3.63) is 46.3 Å². The summed E-state index contributed by atoms with van der Waals surface area (Å²) >= 11 is 3.53. The van der Waals surface area contributed by atoms with Crippen LogP contribution in [0.3, 0.4) is 0 Å². The minimum absolute atomic E-state index is 0.0628. The Kier molecular flexibility index (Phi) is 5.09. The fourth-order valence-electron chi connectivity index (χ4n) is 2.17. The van der Waals surface area contributed by atoms with Crippen LogP contribution in [0.2, 0.25) is 0 Å². The Labute approximate surface area is 127 Å². The molecule has 0 aliphatic rings. The van der Waals surface area contributed by atoms with Crippen molar-refractivity contribution in [3.63, 3.8) is 0 Å². The van der Waals surface area contributed by atoms with Crippen molar-refractivity contribution in [1.29, 1.82) is 0 Å². The molecule has 5 heteroatoms. The number of furan rings is 1. The van der Waals surface area contributed by atoms with Crippen molar-refractivity contribution >= 4 is 15.9 Å². The molecule has 2 aromatic rings. The summed E-state index contributed by atoms with van der Waals surface area (Å²) in [5.41, 5.74) is 0.997.